The van der Waals surface area contributed by atoms with E-state index in [-0.39, 0.29) is 0 Å². The van der Waals surface area contributed by atoms with E-state index < -0.39 is 0 Å². The van der Waals surface area contributed by atoms with Gasteiger partial charge in [0.1, 0.15) is 11.5 Å². The lowest BCUT2D eigenvalue weighted by atomic mass is 9.97. The highest BCUT2D eigenvalue weighted by molar-refractivity contribution is 9.09. The van der Waals surface area contributed by atoms with E-state index in [0.717, 1.165) is 23.2 Å². The molecule has 84 valence electrons. The molecule has 0 aliphatic heterocycles. The molecule has 1 aromatic carbocycles. The third kappa shape index (κ3) is 2.88. The topological polar surface area (TPSA) is 18.5 Å². The number of ether oxygens (including phenoxy) is 2. The zero-order valence-electron chi connectivity index (χ0n) is 9.42. The van der Waals surface area contributed by atoms with Crippen LogP contribution in [0.2, 0.25) is 0 Å². The Hall–Kier alpha value is -0.700. The van der Waals surface area contributed by atoms with Crippen LogP contribution >= 0.6 is 15.9 Å². The Labute approximate surface area is 99.7 Å². The summed E-state index contributed by atoms with van der Waals surface area (Å²) in [6.45, 7) is 2.18. The first-order chi connectivity index (χ1) is 7.26. The predicted molar refractivity (Wildman–Crippen MR) is 66.4 cm³/mol. The predicted octanol–water partition coefficient (Wildman–Crippen LogP) is 3.59. The number of halogens is 1. The van der Waals surface area contributed by atoms with Crippen LogP contribution in [0.25, 0.3) is 0 Å². The lowest BCUT2D eigenvalue weighted by molar-refractivity contribution is 0.389. The molecular formula is C12H17BrO2. The minimum Gasteiger partial charge on any atom is -0.497 e. The smallest absolute Gasteiger partial charge is 0.126 e. The van der Waals surface area contributed by atoms with Gasteiger partial charge in [0.25, 0.3) is 0 Å². The molecule has 0 bridgehead atoms. The molecule has 0 aliphatic rings. The lowest BCUT2D eigenvalue weighted by Crippen LogP contribution is -2.02. The molecule has 0 spiro atoms. The molecule has 1 atom stereocenters. The summed E-state index contributed by atoms with van der Waals surface area (Å²) >= 11 is 3.52. The maximum Gasteiger partial charge on any atom is 0.126 e. The molecule has 0 heterocycles. The monoisotopic (exact) mass is 272 g/mol. The Morgan fingerprint density at radius 3 is 2.47 bits per heavy atom. The van der Waals surface area contributed by atoms with E-state index in [0.29, 0.717) is 5.92 Å². The highest BCUT2D eigenvalue weighted by Crippen LogP contribution is 2.33. The second-order valence-corrected chi connectivity index (χ2v) is 4.01. The van der Waals surface area contributed by atoms with Crippen LogP contribution in [0, 0.1) is 0 Å². The van der Waals surface area contributed by atoms with Crippen LogP contribution in [-0.4, -0.2) is 19.5 Å². The largest absolute Gasteiger partial charge is 0.497 e. The first-order valence-corrected chi connectivity index (χ1v) is 6.16. The van der Waals surface area contributed by atoms with Gasteiger partial charge in [0.15, 0.2) is 0 Å². The Balaban J connectivity index is 3.06. The second kappa shape index (κ2) is 6.01. The highest BCUT2D eigenvalue weighted by atomic mass is 79.9. The van der Waals surface area contributed by atoms with Gasteiger partial charge in [-0.25, -0.2) is 0 Å². The Kier molecular flexibility index (Phi) is 4.95. The molecule has 0 amide bonds. The summed E-state index contributed by atoms with van der Waals surface area (Å²) in [4.78, 5) is 0. The van der Waals surface area contributed by atoms with Crippen LogP contribution < -0.4 is 9.47 Å². The van der Waals surface area contributed by atoms with E-state index in [4.69, 9.17) is 9.47 Å². The fourth-order valence-corrected chi connectivity index (χ4v) is 2.37. The standard InChI is InChI=1S/C12H17BrO2/c1-4-9(8-13)11-6-5-10(14-2)7-12(11)15-3/h5-7,9H,4,8H2,1-3H3. The van der Waals surface area contributed by atoms with Gasteiger partial charge in [-0.1, -0.05) is 28.9 Å². The Bertz CT molecular complexity index is 308. The molecule has 0 saturated heterocycles. The van der Waals surface area contributed by atoms with Gasteiger partial charge < -0.3 is 9.47 Å². The summed E-state index contributed by atoms with van der Waals surface area (Å²) in [6.07, 6.45) is 1.09. The van der Waals surface area contributed by atoms with E-state index in [9.17, 15) is 0 Å². The summed E-state index contributed by atoms with van der Waals surface area (Å²) in [7, 11) is 3.36. The zero-order chi connectivity index (χ0) is 11.3. The van der Waals surface area contributed by atoms with Crippen molar-refractivity contribution in [2.75, 3.05) is 19.5 Å². The van der Waals surface area contributed by atoms with Crippen molar-refractivity contribution in [3.63, 3.8) is 0 Å². The third-order valence-electron chi connectivity index (χ3n) is 2.56. The molecule has 0 N–H and O–H groups in total. The average molecular weight is 273 g/mol. The molecule has 0 saturated carbocycles. The normalized spacial score (nSPS) is 12.3. The molecule has 0 fully saturated rings. The van der Waals surface area contributed by atoms with Crippen molar-refractivity contribution in [2.45, 2.75) is 19.3 Å². The van der Waals surface area contributed by atoms with Gasteiger partial charge in [-0.3, -0.25) is 0 Å². The van der Waals surface area contributed by atoms with Gasteiger partial charge in [-0.15, -0.1) is 0 Å². The maximum atomic E-state index is 5.37. The minimum atomic E-state index is 0.492. The van der Waals surface area contributed by atoms with Crippen LogP contribution in [0.15, 0.2) is 18.2 Å². The summed E-state index contributed by atoms with van der Waals surface area (Å²) < 4.78 is 10.5. The molecule has 3 heteroatoms. The van der Waals surface area contributed by atoms with Crippen LogP contribution in [-0.2, 0) is 0 Å². The van der Waals surface area contributed by atoms with Gasteiger partial charge in [-0.2, -0.15) is 0 Å². The van der Waals surface area contributed by atoms with Crippen molar-refractivity contribution >= 4 is 15.9 Å². The molecule has 1 unspecified atom stereocenters. The van der Waals surface area contributed by atoms with Gasteiger partial charge in [0.2, 0.25) is 0 Å². The number of methoxy groups -OCH3 is 2. The number of alkyl halides is 1. The Morgan fingerprint density at radius 2 is 2.00 bits per heavy atom. The molecule has 0 aromatic heterocycles. The molecule has 1 rings (SSSR count). The van der Waals surface area contributed by atoms with E-state index >= 15 is 0 Å². The number of rotatable bonds is 5. The van der Waals surface area contributed by atoms with Crippen molar-refractivity contribution in [1.82, 2.24) is 0 Å². The highest BCUT2D eigenvalue weighted by Gasteiger charge is 2.13. The molecular weight excluding hydrogens is 256 g/mol. The number of hydrogen-bond acceptors (Lipinski definition) is 2. The SMILES string of the molecule is CCC(CBr)c1ccc(OC)cc1OC. The molecule has 0 radical (unpaired) electrons. The van der Waals surface area contributed by atoms with E-state index in [1.807, 2.05) is 12.1 Å². The first-order valence-electron chi connectivity index (χ1n) is 5.04. The van der Waals surface area contributed by atoms with Gasteiger partial charge >= 0.3 is 0 Å². The van der Waals surface area contributed by atoms with Crippen molar-refractivity contribution in [1.29, 1.82) is 0 Å². The van der Waals surface area contributed by atoms with Crippen molar-refractivity contribution in [3.8, 4) is 11.5 Å². The van der Waals surface area contributed by atoms with Gasteiger partial charge in [-0.05, 0) is 24.0 Å². The van der Waals surface area contributed by atoms with E-state index in [1.165, 1.54) is 5.56 Å². The maximum absolute atomic E-state index is 5.37. The van der Waals surface area contributed by atoms with Crippen LogP contribution in [0.5, 0.6) is 11.5 Å². The molecule has 0 aliphatic carbocycles. The van der Waals surface area contributed by atoms with Crippen LogP contribution in [0.4, 0.5) is 0 Å². The third-order valence-corrected chi connectivity index (χ3v) is 3.34. The van der Waals surface area contributed by atoms with Gasteiger partial charge in [0.05, 0.1) is 14.2 Å². The average Bonchev–Trinajstić information content (AvgIpc) is 2.31. The molecule has 2 nitrogen and oxygen atoms in total. The number of hydrogen-bond donors (Lipinski definition) is 0. The molecule has 1 aromatic rings. The van der Waals surface area contributed by atoms with Gasteiger partial charge in [0, 0.05) is 11.4 Å². The summed E-state index contributed by atoms with van der Waals surface area (Å²) in [5.74, 6) is 2.23. The lowest BCUT2D eigenvalue weighted by Gasteiger charge is -2.16. The van der Waals surface area contributed by atoms with E-state index in [2.05, 4.69) is 28.9 Å². The van der Waals surface area contributed by atoms with Crippen molar-refractivity contribution in [3.05, 3.63) is 23.8 Å². The first kappa shape index (κ1) is 12.4. The summed E-state index contributed by atoms with van der Waals surface area (Å²) in [6, 6.07) is 5.98. The molecule has 15 heavy (non-hydrogen) atoms. The quantitative estimate of drug-likeness (QED) is 0.763. The van der Waals surface area contributed by atoms with Crippen molar-refractivity contribution in [2.24, 2.45) is 0 Å². The summed E-state index contributed by atoms with van der Waals surface area (Å²) in [5, 5.41) is 0.951. The zero-order valence-corrected chi connectivity index (χ0v) is 11.0. The van der Waals surface area contributed by atoms with Crippen LogP contribution in [0.3, 0.4) is 0 Å². The fraction of sp³-hybridized carbons (Fsp3) is 0.500. The van der Waals surface area contributed by atoms with Crippen molar-refractivity contribution < 1.29 is 9.47 Å². The van der Waals surface area contributed by atoms with Crippen LogP contribution in [0.1, 0.15) is 24.8 Å². The van der Waals surface area contributed by atoms with E-state index in [1.54, 1.807) is 14.2 Å². The minimum absolute atomic E-state index is 0.492. The fourth-order valence-electron chi connectivity index (χ4n) is 1.57. The summed E-state index contributed by atoms with van der Waals surface area (Å²) in [5.41, 5.74) is 1.23. The number of benzene rings is 1. The second-order valence-electron chi connectivity index (χ2n) is 3.37. The Morgan fingerprint density at radius 1 is 1.27 bits per heavy atom.